The first kappa shape index (κ1) is 17.1. The zero-order chi connectivity index (χ0) is 16.8. The molecular formula is C14H18N4O4S. The number of pyridine rings is 1. The third-order valence-electron chi connectivity index (χ3n) is 2.56. The van der Waals surface area contributed by atoms with E-state index in [4.69, 9.17) is 14.6 Å². The smallest absolute Gasteiger partial charge is 0.257 e. The molecule has 124 valence electrons. The fourth-order valence-corrected chi connectivity index (χ4v) is 2.05. The molecule has 23 heavy (non-hydrogen) atoms. The zero-order valence-electron chi connectivity index (χ0n) is 13.0. The third kappa shape index (κ3) is 5.15. The van der Waals surface area contributed by atoms with E-state index in [9.17, 15) is 4.79 Å². The lowest BCUT2D eigenvalue weighted by Gasteiger charge is -2.15. The highest BCUT2D eigenvalue weighted by atomic mass is 32.1. The highest BCUT2D eigenvalue weighted by Gasteiger charge is 2.15. The van der Waals surface area contributed by atoms with Crippen LogP contribution in [0.2, 0.25) is 0 Å². The largest absolute Gasteiger partial charge is 0.475 e. The van der Waals surface area contributed by atoms with Crippen molar-refractivity contribution in [1.82, 2.24) is 15.2 Å². The molecule has 0 saturated carbocycles. The van der Waals surface area contributed by atoms with E-state index in [0.717, 1.165) is 0 Å². The number of hydrogen-bond acceptors (Lipinski definition) is 8. The Balaban J connectivity index is 2.25. The second kappa shape index (κ2) is 7.84. The first-order valence-corrected chi connectivity index (χ1v) is 7.89. The Hall–Kier alpha value is -2.26. The van der Waals surface area contributed by atoms with Crippen LogP contribution in [-0.4, -0.2) is 45.0 Å². The second-order valence-corrected chi connectivity index (χ2v) is 5.84. The molecule has 8 nitrogen and oxygen atoms in total. The second-order valence-electron chi connectivity index (χ2n) is 5.01. The average molecular weight is 338 g/mol. The van der Waals surface area contributed by atoms with Crippen LogP contribution in [0.5, 0.6) is 11.8 Å². The van der Waals surface area contributed by atoms with Crippen molar-refractivity contribution in [3.8, 4) is 11.8 Å². The zero-order valence-corrected chi connectivity index (χ0v) is 13.8. The Morgan fingerprint density at radius 3 is 2.57 bits per heavy atom. The molecule has 2 rings (SSSR count). The number of hydrogen-bond donors (Lipinski definition) is 2. The number of rotatable bonds is 7. The van der Waals surface area contributed by atoms with Gasteiger partial charge in [-0.2, -0.15) is 4.98 Å². The van der Waals surface area contributed by atoms with Crippen LogP contribution in [-0.2, 0) is 0 Å². The van der Waals surface area contributed by atoms with Crippen molar-refractivity contribution in [3.05, 3.63) is 23.2 Å². The highest BCUT2D eigenvalue weighted by molar-refractivity contribution is 7.13. The number of anilines is 1. The van der Waals surface area contributed by atoms with Gasteiger partial charge in [0.25, 0.3) is 5.91 Å². The maximum atomic E-state index is 12.3. The van der Waals surface area contributed by atoms with Crippen molar-refractivity contribution in [2.75, 3.05) is 11.9 Å². The van der Waals surface area contributed by atoms with Gasteiger partial charge in [-0.15, -0.1) is 10.2 Å². The van der Waals surface area contributed by atoms with Crippen LogP contribution < -0.4 is 14.8 Å². The molecule has 1 unspecified atom stereocenters. The van der Waals surface area contributed by atoms with Crippen LogP contribution >= 0.6 is 11.3 Å². The third-order valence-corrected chi connectivity index (χ3v) is 3.16. The Bertz CT molecular complexity index is 648. The molecule has 0 saturated heterocycles. The fraction of sp³-hybridized carbons (Fsp3) is 0.429. The van der Waals surface area contributed by atoms with E-state index < -0.39 is 6.10 Å². The number of amides is 1. The molecule has 2 aromatic rings. The SMILES string of the molecule is CC(C)Oc1cc(C(=O)Nc2nncs2)cc(OC(C)CO)n1. The molecule has 0 aliphatic heterocycles. The number of nitrogens with zero attached hydrogens (tertiary/aromatic N) is 3. The predicted molar refractivity (Wildman–Crippen MR) is 85.0 cm³/mol. The Morgan fingerprint density at radius 2 is 2.00 bits per heavy atom. The summed E-state index contributed by atoms with van der Waals surface area (Å²) < 4.78 is 11.0. The molecule has 2 N–H and O–H groups in total. The summed E-state index contributed by atoms with van der Waals surface area (Å²) in [5.41, 5.74) is 1.83. The van der Waals surface area contributed by atoms with E-state index in [1.807, 2.05) is 13.8 Å². The first-order chi connectivity index (χ1) is 11.0. The molecule has 0 fully saturated rings. The van der Waals surface area contributed by atoms with E-state index >= 15 is 0 Å². The van der Waals surface area contributed by atoms with Crippen molar-refractivity contribution in [1.29, 1.82) is 0 Å². The molecule has 1 amide bonds. The molecule has 2 aromatic heterocycles. The maximum absolute atomic E-state index is 12.3. The van der Waals surface area contributed by atoms with E-state index in [1.54, 1.807) is 6.92 Å². The molecule has 2 heterocycles. The fourth-order valence-electron chi connectivity index (χ4n) is 1.61. The van der Waals surface area contributed by atoms with Crippen molar-refractivity contribution in [2.45, 2.75) is 33.0 Å². The summed E-state index contributed by atoms with van der Waals surface area (Å²) in [5.74, 6) is 0.0939. The summed E-state index contributed by atoms with van der Waals surface area (Å²) in [6, 6.07) is 3.00. The van der Waals surface area contributed by atoms with Gasteiger partial charge in [-0.05, 0) is 20.8 Å². The number of aliphatic hydroxyl groups is 1. The lowest BCUT2D eigenvalue weighted by molar-refractivity contribution is 0.102. The topological polar surface area (TPSA) is 106 Å². The first-order valence-electron chi connectivity index (χ1n) is 7.01. The van der Waals surface area contributed by atoms with Crippen molar-refractivity contribution in [2.24, 2.45) is 0 Å². The number of carbonyl (C=O) groups is 1. The maximum Gasteiger partial charge on any atom is 0.257 e. The summed E-state index contributed by atoms with van der Waals surface area (Å²) in [4.78, 5) is 16.5. The minimum Gasteiger partial charge on any atom is -0.475 e. The minimum absolute atomic E-state index is 0.105. The van der Waals surface area contributed by atoms with Gasteiger partial charge in [-0.1, -0.05) is 11.3 Å². The van der Waals surface area contributed by atoms with Gasteiger partial charge in [0.2, 0.25) is 16.9 Å². The molecule has 0 aliphatic carbocycles. The van der Waals surface area contributed by atoms with Crippen LogP contribution in [0.3, 0.4) is 0 Å². The quantitative estimate of drug-likeness (QED) is 0.792. The Kier molecular flexibility index (Phi) is 5.83. The average Bonchev–Trinajstić information content (AvgIpc) is 2.99. The molecular weight excluding hydrogens is 320 g/mol. The number of nitrogens with one attached hydrogen (secondary N) is 1. The van der Waals surface area contributed by atoms with Gasteiger partial charge in [0, 0.05) is 12.1 Å². The molecule has 0 aromatic carbocycles. The molecule has 0 bridgehead atoms. The number of carbonyl (C=O) groups excluding carboxylic acids is 1. The number of aromatic nitrogens is 3. The number of ether oxygens (including phenoxy) is 2. The molecule has 0 aliphatic rings. The summed E-state index contributed by atoms with van der Waals surface area (Å²) >= 11 is 1.21. The van der Waals surface area contributed by atoms with Gasteiger partial charge in [0.15, 0.2) is 0 Å². The standard InChI is InChI=1S/C14H18N4O4S/c1-8(2)21-11-4-10(5-12(16-11)22-9(3)6-19)13(20)17-14-18-15-7-23-14/h4-5,7-9,19H,6H2,1-3H3,(H,17,18,20). The Labute approximate surface area is 137 Å². The van der Waals surface area contributed by atoms with E-state index in [-0.39, 0.29) is 30.4 Å². The van der Waals surface area contributed by atoms with Crippen LogP contribution in [0.25, 0.3) is 0 Å². The summed E-state index contributed by atoms with van der Waals surface area (Å²) in [6.07, 6.45) is -0.553. The van der Waals surface area contributed by atoms with E-state index in [2.05, 4.69) is 20.5 Å². The summed E-state index contributed by atoms with van der Waals surface area (Å²) in [6.45, 7) is 5.24. The van der Waals surface area contributed by atoms with Crippen LogP contribution in [0.1, 0.15) is 31.1 Å². The van der Waals surface area contributed by atoms with E-state index in [1.165, 1.54) is 29.0 Å². The van der Waals surface area contributed by atoms with E-state index in [0.29, 0.717) is 10.7 Å². The summed E-state index contributed by atoms with van der Waals surface area (Å²) in [7, 11) is 0. The van der Waals surface area contributed by atoms with Crippen LogP contribution in [0.15, 0.2) is 17.6 Å². The summed E-state index contributed by atoms with van der Waals surface area (Å²) in [5, 5.41) is 19.5. The minimum atomic E-state index is -0.448. The van der Waals surface area contributed by atoms with Crippen molar-refractivity contribution < 1.29 is 19.4 Å². The van der Waals surface area contributed by atoms with Gasteiger partial charge < -0.3 is 14.6 Å². The van der Waals surface area contributed by atoms with Gasteiger partial charge in [-0.25, -0.2) is 0 Å². The lowest BCUT2D eigenvalue weighted by Crippen LogP contribution is -2.19. The van der Waals surface area contributed by atoms with Gasteiger partial charge in [0.05, 0.1) is 18.3 Å². The molecule has 0 radical (unpaired) electrons. The molecule has 1 atom stereocenters. The lowest BCUT2D eigenvalue weighted by atomic mass is 10.2. The normalized spacial score (nSPS) is 12.0. The van der Waals surface area contributed by atoms with Gasteiger partial charge in [-0.3, -0.25) is 10.1 Å². The van der Waals surface area contributed by atoms with Gasteiger partial charge >= 0.3 is 0 Å². The van der Waals surface area contributed by atoms with Gasteiger partial charge in [0.1, 0.15) is 11.6 Å². The number of aliphatic hydroxyl groups excluding tert-OH is 1. The monoisotopic (exact) mass is 338 g/mol. The highest BCUT2D eigenvalue weighted by Crippen LogP contribution is 2.21. The molecule has 0 spiro atoms. The van der Waals surface area contributed by atoms with Crippen molar-refractivity contribution in [3.63, 3.8) is 0 Å². The van der Waals surface area contributed by atoms with Crippen LogP contribution in [0, 0.1) is 0 Å². The Morgan fingerprint density at radius 1 is 1.30 bits per heavy atom. The van der Waals surface area contributed by atoms with Crippen molar-refractivity contribution >= 4 is 22.4 Å². The molecule has 9 heteroatoms. The van der Waals surface area contributed by atoms with Crippen LogP contribution in [0.4, 0.5) is 5.13 Å². The predicted octanol–water partition coefficient (Wildman–Crippen LogP) is 1.73.